The molecule has 192 valence electrons. The minimum atomic E-state index is -3.71. The first kappa shape index (κ1) is 26.3. The van der Waals surface area contributed by atoms with Crippen molar-refractivity contribution in [3.05, 3.63) is 64.8 Å². The average Bonchev–Trinajstić information content (AvgIpc) is 3.30. The van der Waals surface area contributed by atoms with Crippen molar-refractivity contribution in [1.82, 2.24) is 8.87 Å². The van der Waals surface area contributed by atoms with Crippen molar-refractivity contribution >= 4 is 33.0 Å². The molecule has 1 fully saturated rings. The average molecular weight is 530 g/mol. The van der Waals surface area contributed by atoms with Gasteiger partial charge in [-0.1, -0.05) is 30.3 Å². The number of hydrogen-bond acceptors (Lipinski definition) is 7. The number of ether oxygens (including phenoxy) is 1. The Morgan fingerprint density at radius 2 is 1.89 bits per heavy atom. The van der Waals surface area contributed by atoms with Crippen molar-refractivity contribution in [2.24, 2.45) is 10.9 Å². The summed E-state index contributed by atoms with van der Waals surface area (Å²) in [4.78, 5) is 17.8. The third-order valence-corrected chi connectivity index (χ3v) is 8.92. The number of rotatable bonds is 9. The zero-order valence-corrected chi connectivity index (χ0v) is 21.9. The van der Waals surface area contributed by atoms with Crippen LogP contribution < -0.4 is 4.80 Å². The molecule has 0 saturated carbocycles. The Bertz CT molecular complexity index is 1340. The predicted octanol–water partition coefficient (Wildman–Crippen LogP) is 3.80. The fraction of sp³-hybridized carbons (Fsp3) is 0.385. The molecule has 0 unspecified atom stereocenters. The summed E-state index contributed by atoms with van der Waals surface area (Å²) in [6.45, 7) is 3.26. The number of carbonyl (C=O) groups excluding carboxylic acids is 1. The molecule has 10 heteroatoms. The van der Waals surface area contributed by atoms with E-state index < -0.39 is 10.0 Å². The van der Waals surface area contributed by atoms with Crippen LogP contribution in [0.4, 0.5) is 5.69 Å². The van der Waals surface area contributed by atoms with E-state index in [-0.39, 0.29) is 36.5 Å². The summed E-state index contributed by atoms with van der Waals surface area (Å²) in [5.74, 6) is -0.510. The highest BCUT2D eigenvalue weighted by Crippen LogP contribution is 2.28. The Kier molecular flexibility index (Phi) is 8.73. The number of carbonyl (C=O) groups is 1. The molecule has 3 aromatic rings. The molecule has 4 rings (SSSR count). The van der Waals surface area contributed by atoms with Gasteiger partial charge in [0.2, 0.25) is 10.0 Å². The van der Waals surface area contributed by atoms with Crippen LogP contribution in [-0.2, 0) is 26.1 Å². The van der Waals surface area contributed by atoms with Gasteiger partial charge in [0.1, 0.15) is 0 Å². The second kappa shape index (κ2) is 12.0. The molecule has 1 aliphatic heterocycles. The maximum absolute atomic E-state index is 13.4. The van der Waals surface area contributed by atoms with Crippen LogP contribution in [0.15, 0.2) is 69.9 Å². The third-order valence-electron chi connectivity index (χ3n) is 6.16. The molecule has 0 aliphatic carbocycles. The van der Waals surface area contributed by atoms with Gasteiger partial charge in [0, 0.05) is 37.2 Å². The van der Waals surface area contributed by atoms with Crippen molar-refractivity contribution in [1.29, 1.82) is 0 Å². The van der Waals surface area contributed by atoms with E-state index in [0.29, 0.717) is 32.4 Å². The lowest BCUT2D eigenvalue weighted by molar-refractivity contribution is -0.149. The van der Waals surface area contributed by atoms with Crippen LogP contribution in [0.2, 0.25) is 0 Å². The van der Waals surface area contributed by atoms with Gasteiger partial charge in [-0.25, -0.2) is 13.4 Å². The highest BCUT2D eigenvalue weighted by atomic mass is 32.2. The molecular formula is C26H31N3O5S2. The molecule has 1 aliphatic rings. The number of hydrogen-bond donors (Lipinski definition) is 1. The van der Waals surface area contributed by atoms with Gasteiger partial charge in [-0.15, -0.1) is 11.3 Å². The molecule has 0 bridgehead atoms. The molecule has 0 spiro atoms. The van der Waals surface area contributed by atoms with Crippen LogP contribution in [0.5, 0.6) is 0 Å². The van der Waals surface area contributed by atoms with Gasteiger partial charge in [-0.2, -0.15) is 4.31 Å². The second-order valence-electron chi connectivity index (χ2n) is 8.54. The maximum Gasteiger partial charge on any atom is 0.309 e. The second-order valence-corrected chi connectivity index (χ2v) is 11.3. The normalized spacial score (nSPS) is 15.8. The first-order valence-electron chi connectivity index (χ1n) is 12.1. The minimum Gasteiger partial charge on any atom is -0.466 e. The minimum absolute atomic E-state index is 0.0449. The summed E-state index contributed by atoms with van der Waals surface area (Å²) < 4.78 is 35.4. The number of aliphatic hydroxyl groups excluding tert-OH is 1. The number of thiazole rings is 1. The lowest BCUT2D eigenvalue weighted by atomic mass is 9.98. The Balaban J connectivity index is 1.62. The summed E-state index contributed by atoms with van der Waals surface area (Å²) in [6, 6.07) is 16.6. The Morgan fingerprint density at radius 1 is 1.14 bits per heavy atom. The van der Waals surface area contributed by atoms with Gasteiger partial charge < -0.3 is 14.4 Å². The molecule has 36 heavy (non-hydrogen) atoms. The highest BCUT2D eigenvalue weighted by Gasteiger charge is 2.33. The maximum atomic E-state index is 13.4. The number of nitrogens with zero attached hydrogens (tertiary/aromatic N) is 3. The first-order valence-corrected chi connectivity index (χ1v) is 14.4. The van der Waals surface area contributed by atoms with Crippen LogP contribution in [0.3, 0.4) is 0 Å². The molecule has 1 aromatic heterocycles. The number of benzene rings is 2. The molecular weight excluding hydrogens is 498 g/mol. The SMILES string of the molecule is CCOC(=O)C1CCN(S(=O)(=O)c2cccc(-c3csc(=Nc4ccccc4)n3CCCO)c2)CC1. The molecule has 0 radical (unpaired) electrons. The van der Waals surface area contributed by atoms with E-state index in [9.17, 15) is 18.3 Å². The lowest BCUT2D eigenvalue weighted by Gasteiger charge is -2.30. The number of sulfonamides is 1. The fourth-order valence-electron chi connectivity index (χ4n) is 4.26. The van der Waals surface area contributed by atoms with E-state index >= 15 is 0 Å². The van der Waals surface area contributed by atoms with Gasteiger partial charge in [0.05, 0.1) is 28.8 Å². The molecule has 2 heterocycles. The van der Waals surface area contributed by atoms with Gasteiger partial charge in [-0.3, -0.25) is 4.79 Å². The fourth-order valence-corrected chi connectivity index (χ4v) is 6.74. The van der Waals surface area contributed by atoms with Gasteiger partial charge >= 0.3 is 5.97 Å². The highest BCUT2D eigenvalue weighted by molar-refractivity contribution is 7.89. The zero-order valence-electron chi connectivity index (χ0n) is 20.2. The van der Waals surface area contributed by atoms with Crippen LogP contribution >= 0.6 is 11.3 Å². The number of aliphatic hydroxyl groups is 1. The molecule has 1 N–H and O–H groups in total. The van der Waals surface area contributed by atoms with Crippen LogP contribution in [0.1, 0.15) is 26.2 Å². The molecule has 1 saturated heterocycles. The van der Waals surface area contributed by atoms with Crippen LogP contribution in [0.25, 0.3) is 11.3 Å². The molecule has 0 amide bonds. The number of para-hydroxylation sites is 1. The molecule has 8 nitrogen and oxygen atoms in total. The van der Waals surface area contributed by atoms with E-state index in [1.165, 1.54) is 15.6 Å². The number of aromatic nitrogens is 1. The van der Waals surface area contributed by atoms with E-state index in [2.05, 4.69) is 0 Å². The quantitative estimate of drug-likeness (QED) is 0.425. The summed E-state index contributed by atoms with van der Waals surface area (Å²) in [5, 5.41) is 11.4. The van der Waals surface area contributed by atoms with Crippen molar-refractivity contribution in [3.8, 4) is 11.3 Å². The zero-order chi connectivity index (χ0) is 25.5. The van der Waals surface area contributed by atoms with E-state index in [1.54, 1.807) is 25.1 Å². The smallest absolute Gasteiger partial charge is 0.309 e. The van der Waals surface area contributed by atoms with Crippen molar-refractivity contribution in [2.45, 2.75) is 37.6 Å². The van der Waals surface area contributed by atoms with Crippen molar-refractivity contribution in [3.63, 3.8) is 0 Å². The van der Waals surface area contributed by atoms with Gasteiger partial charge in [0.25, 0.3) is 0 Å². The summed E-state index contributed by atoms with van der Waals surface area (Å²) in [5.41, 5.74) is 2.44. The van der Waals surface area contributed by atoms with Gasteiger partial charge in [0.15, 0.2) is 4.80 Å². The number of piperidine rings is 1. The summed E-state index contributed by atoms with van der Waals surface area (Å²) in [6.07, 6.45) is 1.46. The summed E-state index contributed by atoms with van der Waals surface area (Å²) in [7, 11) is -3.71. The third kappa shape index (κ3) is 5.95. The van der Waals surface area contributed by atoms with Crippen molar-refractivity contribution < 1.29 is 23.1 Å². The summed E-state index contributed by atoms with van der Waals surface area (Å²) >= 11 is 1.48. The van der Waals surface area contributed by atoms with E-state index in [1.807, 2.05) is 46.3 Å². The van der Waals surface area contributed by atoms with E-state index in [4.69, 9.17) is 9.73 Å². The topological polar surface area (TPSA) is 101 Å². The largest absolute Gasteiger partial charge is 0.466 e. The Labute approximate surface area is 215 Å². The Morgan fingerprint density at radius 3 is 2.58 bits per heavy atom. The van der Waals surface area contributed by atoms with Gasteiger partial charge in [-0.05, 0) is 50.5 Å². The predicted molar refractivity (Wildman–Crippen MR) is 139 cm³/mol. The first-order chi connectivity index (χ1) is 17.4. The number of esters is 1. The van der Waals surface area contributed by atoms with Crippen LogP contribution in [-0.4, -0.2) is 54.7 Å². The standard InChI is InChI=1S/C26H31N3O5S2/c1-2-34-25(31)20-12-15-28(16-13-20)36(32,33)23-11-6-8-21(18-23)24-19-35-26(29(24)14-7-17-30)27-22-9-4-3-5-10-22/h3-6,8-11,18-20,30H,2,7,12-17H2,1H3. The molecule has 0 atom stereocenters. The lowest BCUT2D eigenvalue weighted by Crippen LogP contribution is -2.40. The van der Waals surface area contributed by atoms with E-state index in [0.717, 1.165) is 21.7 Å². The van der Waals surface area contributed by atoms with Crippen LogP contribution in [0, 0.1) is 5.92 Å². The monoisotopic (exact) mass is 529 g/mol. The Hall–Kier alpha value is -2.79. The molecule has 2 aromatic carbocycles. The van der Waals surface area contributed by atoms with Crippen molar-refractivity contribution in [2.75, 3.05) is 26.3 Å².